The summed E-state index contributed by atoms with van der Waals surface area (Å²) in [5, 5.41) is 0. The van der Waals surface area contributed by atoms with Crippen LogP contribution in [0.2, 0.25) is 0 Å². The largest absolute Gasteiger partial charge is 0.247 e. The molecule has 0 nitrogen and oxygen atoms in total. The maximum absolute atomic E-state index is 12.8. The van der Waals surface area contributed by atoms with Crippen molar-refractivity contribution >= 4 is 0 Å². The van der Waals surface area contributed by atoms with Gasteiger partial charge in [0, 0.05) is 0 Å². The van der Waals surface area contributed by atoms with Crippen molar-refractivity contribution < 1.29 is 4.39 Å². The predicted octanol–water partition coefficient (Wildman–Crippen LogP) is 2.78. The first-order chi connectivity index (χ1) is 4.24. The predicted molar refractivity (Wildman–Crippen MR) is 37.1 cm³/mol. The molecule has 1 heteroatoms. The number of rotatable bonds is 1. The van der Waals surface area contributed by atoms with Gasteiger partial charge in [-0.25, -0.2) is 4.39 Å². The van der Waals surface area contributed by atoms with Gasteiger partial charge in [-0.05, 0) is 24.7 Å². The molecule has 1 aliphatic rings. The average molecular weight is 130 g/mol. The lowest BCUT2D eigenvalue weighted by Gasteiger charge is -2.01. The van der Waals surface area contributed by atoms with E-state index >= 15 is 0 Å². The van der Waals surface area contributed by atoms with Gasteiger partial charge in [-0.3, -0.25) is 0 Å². The van der Waals surface area contributed by atoms with Crippen LogP contribution >= 0.6 is 0 Å². The van der Waals surface area contributed by atoms with Gasteiger partial charge in [0.2, 0.25) is 0 Å². The molecular formula is C8H15F. The molecule has 0 N–H and O–H groups in total. The first-order valence-electron chi connectivity index (χ1n) is 3.88. The summed E-state index contributed by atoms with van der Waals surface area (Å²) in [6.45, 7) is 4.16. The van der Waals surface area contributed by atoms with E-state index in [-0.39, 0.29) is 0 Å². The fraction of sp³-hybridized carbons (Fsp3) is 1.00. The van der Waals surface area contributed by atoms with Crippen molar-refractivity contribution in [2.45, 2.75) is 39.3 Å². The lowest BCUT2D eigenvalue weighted by Crippen LogP contribution is -2.01. The minimum atomic E-state index is -0.505. The van der Waals surface area contributed by atoms with Crippen molar-refractivity contribution in [1.29, 1.82) is 0 Å². The van der Waals surface area contributed by atoms with Crippen LogP contribution in [0.1, 0.15) is 33.1 Å². The average Bonchev–Trinajstić information content (AvgIpc) is 2.13. The van der Waals surface area contributed by atoms with Gasteiger partial charge < -0.3 is 0 Å². The Bertz CT molecular complexity index is 80.6. The molecule has 54 valence electrons. The van der Waals surface area contributed by atoms with E-state index in [2.05, 4.69) is 6.92 Å². The van der Waals surface area contributed by atoms with Crippen molar-refractivity contribution in [3.63, 3.8) is 0 Å². The Hall–Kier alpha value is -0.0700. The van der Waals surface area contributed by atoms with Crippen molar-refractivity contribution in [3.05, 3.63) is 0 Å². The molecule has 1 saturated carbocycles. The number of alkyl halides is 1. The maximum Gasteiger partial charge on any atom is 0.103 e. The Morgan fingerprint density at radius 2 is 2.11 bits per heavy atom. The molecule has 1 aliphatic carbocycles. The molecule has 0 aliphatic heterocycles. The van der Waals surface area contributed by atoms with Crippen LogP contribution < -0.4 is 0 Å². The first kappa shape index (κ1) is 7.04. The smallest absolute Gasteiger partial charge is 0.103 e. The molecular weight excluding hydrogens is 115 g/mol. The number of halogens is 1. The molecule has 3 unspecified atom stereocenters. The Balaban J connectivity index is 2.35. The van der Waals surface area contributed by atoms with Crippen LogP contribution in [0.3, 0.4) is 0 Å². The SMILES string of the molecule is CCC1CC(C)C(F)C1. The van der Waals surface area contributed by atoms with E-state index in [0.29, 0.717) is 11.8 Å². The fourth-order valence-corrected chi connectivity index (χ4v) is 1.65. The van der Waals surface area contributed by atoms with Crippen molar-refractivity contribution in [2.75, 3.05) is 0 Å². The zero-order chi connectivity index (χ0) is 6.85. The highest BCUT2D eigenvalue weighted by molar-refractivity contribution is 4.79. The molecule has 1 fully saturated rings. The second-order valence-corrected chi connectivity index (χ2v) is 3.24. The minimum Gasteiger partial charge on any atom is -0.247 e. The first-order valence-corrected chi connectivity index (χ1v) is 3.88. The van der Waals surface area contributed by atoms with Crippen LogP contribution in [0.4, 0.5) is 4.39 Å². The van der Waals surface area contributed by atoms with Crippen molar-refractivity contribution in [1.82, 2.24) is 0 Å². The van der Waals surface area contributed by atoms with Crippen LogP contribution in [0.25, 0.3) is 0 Å². The van der Waals surface area contributed by atoms with E-state index in [9.17, 15) is 4.39 Å². The standard InChI is InChI=1S/C8H15F/c1-3-7-4-6(2)8(9)5-7/h6-8H,3-5H2,1-2H3. The van der Waals surface area contributed by atoms with Gasteiger partial charge in [-0.2, -0.15) is 0 Å². The molecule has 0 aromatic rings. The van der Waals surface area contributed by atoms with E-state index in [1.54, 1.807) is 0 Å². The van der Waals surface area contributed by atoms with Gasteiger partial charge in [0.1, 0.15) is 6.17 Å². The Labute approximate surface area is 56.5 Å². The Morgan fingerprint density at radius 3 is 2.33 bits per heavy atom. The van der Waals surface area contributed by atoms with Gasteiger partial charge >= 0.3 is 0 Å². The molecule has 0 radical (unpaired) electrons. The van der Waals surface area contributed by atoms with Crippen LogP contribution in [0, 0.1) is 11.8 Å². The summed E-state index contributed by atoms with van der Waals surface area (Å²) >= 11 is 0. The molecule has 0 heterocycles. The Morgan fingerprint density at radius 1 is 1.44 bits per heavy atom. The summed E-state index contributed by atoms with van der Waals surface area (Å²) in [7, 11) is 0. The summed E-state index contributed by atoms with van der Waals surface area (Å²) in [5.41, 5.74) is 0. The molecule has 0 saturated heterocycles. The highest BCUT2D eigenvalue weighted by Crippen LogP contribution is 2.34. The molecule has 1 rings (SSSR count). The molecule has 0 aromatic heterocycles. The van der Waals surface area contributed by atoms with E-state index in [1.807, 2.05) is 6.92 Å². The van der Waals surface area contributed by atoms with Crippen LogP contribution in [0.15, 0.2) is 0 Å². The summed E-state index contributed by atoms with van der Waals surface area (Å²) in [6, 6.07) is 0. The van der Waals surface area contributed by atoms with Gasteiger partial charge in [0.15, 0.2) is 0 Å². The molecule has 9 heavy (non-hydrogen) atoms. The minimum absolute atomic E-state index is 0.329. The fourth-order valence-electron chi connectivity index (χ4n) is 1.65. The van der Waals surface area contributed by atoms with Crippen molar-refractivity contribution in [2.24, 2.45) is 11.8 Å². The lowest BCUT2D eigenvalue weighted by molar-refractivity contribution is 0.275. The normalized spacial score (nSPS) is 43.7. The van der Waals surface area contributed by atoms with Crippen LogP contribution in [0.5, 0.6) is 0 Å². The summed E-state index contributed by atoms with van der Waals surface area (Å²) in [6.07, 6.45) is 2.58. The second kappa shape index (κ2) is 2.68. The molecule has 0 spiro atoms. The highest BCUT2D eigenvalue weighted by Gasteiger charge is 2.29. The quantitative estimate of drug-likeness (QED) is 0.512. The van der Waals surface area contributed by atoms with Gasteiger partial charge in [-0.15, -0.1) is 0 Å². The topological polar surface area (TPSA) is 0 Å². The van der Waals surface area contributed by atoms with Crippen LogP contribution in [-0.4, -0.2) is 6.17 Å². The van der Waals surface area contributed by atoms with E-state index < -0.39 is 6.17 Å². The molecule has 0 bridgehead atoms. The number of hydrogen-bond donors (Lipinski definition) is 0. The van der Waals surface area contributed by atoms with Crippen molar-refractivity contribution in [3.8, 4) is 0 Å². The Kier molecular flexibility index (Phi) is 2.09. The number of hydrogen-bond acceptors (Lipinski definition) is 0. The van der Waals surface area contributed by atoms with Gasteiger partial charge in [0.05, 0.1) is 0 Å². The molecule has 3 atom stereocenters. The third-order valence-corrected chi connectivity index (χ3v) is 2.46. The molecule has 0 aromatic carbocycles. The van der Waals surface area contributed by atoms with E-state index in [1.165, 1.54) is 0 Å². The monoisotopic (exact) mass is 130 g/mol. The maximum atomic E-state index is 12.8. The van der Waals surface area contributed by atoms with Gasteiger partial charge in [-0.1, -0.05) is 20.3 Å². The summed E-state index contributed by atoms with van der Waals surface area (Å²) < 4.78 is 12.8. The zero-order valence-corrected chi connectivity index (χ0v) is 6.23. The molecule has 0 amide bonds. The van der Waals surface area contributed by atoms with E-state index in [0.717, 1.165) is 19.3 Å². The van der Waals surface area contributed by atoms with Gasteiger partial charge in [0.25, 0.3) is 0 Å². The highest BCUT2D eigenvalue weighted by atomic mass is 19.1. The zero-order valence-electron chi connectivity index (χ0n) is 6.23. The summed E-state index contributed by atoms with van der Waals surface area (Å²) in [4.78, 5) is 0. The third kappa shape index (κ3) is 1.44. The lowest BCUT2D eigenvalue weighted by atomic mass is 10.0. The third-order valence-electron chi connectivity index (χ3n) is 2.46. The van der Waals surface area contributed by atoms with E-state index in [4.69, 9.17) is 0 Å². The van der Waals surface area contributed by atoms with Crippen LogP contribution in [-0.2, 0) is 0 Å². The second-order valence-electron chi connectivity index (χ2n) is 3.24. The summed E-state index contributed by atoms with van der Waals surface area (Å²) in [5.74, 6) is 1.00.